The number of hydrogen-bond donors (Lipinski definition) is 0. The highest BCUT2D eigenvalue weighted by Crippen LogP contribution is 2.38. The summed E-state index contributed by atoms with van der Waals surface area (Å²) in [5, 5.41) is 2.06. The highest BCUT2D eigenvalue weighted by Gasteiger charge is 2.33. The standard InChI is InChI=1S/C21H25N3O2S2/c1-16-4-2-5-17(14-16)21-24(19(25)15-28-21)12-9-22-7-10-23(11-8-22)20(26)18-6-3-13-27-18/h2-6,13-14,21H,7-12,15H2,1H3. The second-order valence-corrected chi connectivity index (χ2v) is 9.29. The van der Waals surface area contributed by atoms with Crippen LogP contribution in [-0.4, -0.2) is 71.5 Å². The van der Waals surface area contributed by atoms with Crippen LogP contribution in [0.3, 0.4) is 0 Å². The number of amides is 2. The van der Waals surface area contributed by atoms with Crippen molar-refractivity contribution in [2.24, 2.45) is 0 Å². The molecule has 2 fully saturated rings. The molecule has 7 heteroatoms. The van der Waals surface area contributed by atoms with E-state index >= 15 is 0 Å². The number of rotatable bonds is 5. The van der Waals surface area contributed by atoms with Crippen LogP contribution in [0.4, 0.5) is 0 Å². The molecule has 2 aliphatic rings. The van der Waals surface area contributed by atoms with Gasteiger partial charge < -0.3 is 9.80 Å². The molecular formula is C21H25N3O2S2. The topological polar surface area (TPSA) is 43.9 Å². The largest absolute Gasteiger partial charge is 0.335 e. The Kier molecular flexibility index (Phi) is 6.04. The summed E-state index contributed by atoms with van der Waals surface area (Å²) in [6, 6.07) is 12.3. The van der Waals surface area contributed by atoms with Crippen LogP contribution in [0.25, 0.3) is 0 Å². The second-order valence-electron chi connectivity index (χ2n) is 7.28. The Labute approximate surface area is 174 Å². The fourth-order valence-corrected chi connectivity index (χ4v) is 5.67. The zero-order chi connectivity index (χ0) is 19.5. The molecule has 2 aromatic rings. The third kappa shape index (κ3) is 4.26. The Morgan fingerprint density at radius 2 is 1.93 bits per heavy atom. The van der Waals surface area contributed by atoms with Crippen molar-refractivity contribution in [1.82, 2.24) is 14.7 Å². The van der Waals surface area contributed by atoms with Gasteiger partial charge in [-0.1, -0.05) is 35.9 Å². The Bertz CT molecular complexity index is 832. The molecule has 0 N–H and O–H groups in total. The van der Waals surface area contributed by atoms with Gasteiger partial charge in [-0.25, -0.2) is 0 Å². The van der Waals surface area contributed by atoms with E-state index in [1.807, 2.05) is 27.3 Å². The summed E-state index contributed by atoms with van der Waals surface area (Å²) in [7, 11) is 0. The number of benzene rings is 1. The van der Waals surface area contributed by atoms with Gasteiger partial charge in [-0.15, -0.1) is 23.1 Å². The molecule has 0 aliphatic carbocycles. The molecule has 28 heavy (non-hydrogen) atoms. The molecular weight excluding hydrogens is 390 g/mol. The monoisotopic (exact) mass is 415 g/mol. The maximum Gasteiger partial charge on any atom is 0.264 e. The van der Waals surface area contributed by atoms with Crippen molar-refractivity contribution in [2.75, 3.05) is 45.0 Å². The fourth-order valence-electron chi connectivity index (χ4n) is 3.78. The van der Waals surface area contributed by atoms with E-state index in [4.69, 9.17) is 0 Å². The SMILES string of the molecule is Cc1cccc(C2SCC(=O)N2CCN2CCN(C(=O)c3cccs3)CC2)c1. The van der Waals surface area contributed by atoms with Crippen molar-refractivity contribution in [1.29, 1.82) is 0 Å². The molecule has 0 radical (unpaired) electrons. The molecule has 2 aliphatic heterocycles. The van der Waals surface area contributed by atoms with Crippen molar-refractivity contribution < 1.29 is 9.59 Å². The average Bonchev–Trinajstić information content (AvgIpc) is 3.36. The van der Waals surface area contributed by atoms with E-state index in [9.17, 15) is 9.59 Å². The maximum atomic E-state index is 12.5. The molecule has 148 valence electrons. The predicted molar refractivity (Wildman–Crippen MR) is 115 cm³/mol. The van der Waals surface area contributed by atoms with Crippen LogP contribution < -0.4 is 0 Å². The highest BCUT2D eigenvalue weighted by atomic mass is 32.2. The van der Waals surface area contributed by atoms with Gasteiger partial charge in [-0.05, 0) is 23.9 Å². The van der Waals surface area contributed by atoms with Crippen LogP contribution in [0.5, 0.6) is 0 Å². The number of carbonyl (C=O) groups is 2. The first-order valence-corrected chi connectivity index (χ1v) is 11.6. The second kappa shape index (κ2) is 8.68. The van der Waals surface area contributed by atoms with E-state index in [0.29, 0.717) is 5.75 Å². The number of carbonyl (C=O) groups excluding carboxylic acids is 2. The van der Waals surface area contributed by atoms with Crippen molar-refractivity contribution in [3.05, 3.63) is 57.8 Å². The Balaban J connectivity index is 1.30. The third-order valence-electron chi connectivity index (χ3n) is 5.34. The number of thiophene rings is 1. The van der Waals surface area contributed by atoms with Crippen molar-refractivity contribution >= 4 is 34.9 Å². The molecule has 1 atom stereocenters. The van der Waals surface area contributed by atoms with Crippen molar-refractivity contribution in [3.8, 4) is 0 Å². The van der Waals surface area contributed by atoms with Crippen LogP contribution in [0, 0.1) is 6.92 Å². The Hall–Kier alpha value is -1.83. The lowest BCUT2D eigenvalue weighted by Gasteiger charge is -2.36. The third-order valence-corrected chi connectivity index (χ3v) is 7.46. The average molecular weight is 416 g/mol. The quantitative estimate of drug-likeness (QED) is 0.753. The zero-order valence-corrected chi connectivity index (χ0v) is 17.7. The van der Waals surface area contributed by atoms with Crippen LogP contribution >= 0.6 is 23.1 Å². The van der Waals surface area contributed by atoms with Gasteiger partial charge in [0.2, 0.25) is 5.91 Å². The zero-order valence-electron chi connectivity index (χ0n) is 16.0. The number of nitrogens with zero attached hydrogens (tertiary/aromatic N) is 3. The van der Waals surface area contributed by atoms with E-state index in [-0.39, 0.29) is 17.2 Å². The molecule has 5 nitrogen and oxygen atoms in total. The van der Waals surface area contributed by atoms with Gasteiger partial charge in [0, 0.05) is 39.3 Å². The van der Waals surface area contributed by atoms with E-state index < -0.39 is 0 Å². The maximum absolute atomic E-state index is 12.5. The minimum atomic E-state index is 0.120. The van der Waals surface area contributed by atoms with Crippen molar-refractivity contribution in [2.45, 2.75) is 12.3 Å². The molecule has 0 spiro atoms. The summed E-state index contributed by atoms with van der Waals surface area (Å²) >= 11 is 3.22. The minimum Gasteiger partial charge on any atom is -0.335 e. The molecule has 0 bridgehead atoms. The lowest BCUT2D eigenvalue weighted by Crippen LogP contribution is -2.50. The van der Waals surface area contributed by atoms with Gasteiger partial charge in [0.25, 0.3) is 5.91 Å². The summed E-state index contributed by atoms with van der Waals surface area (Å²) in [5.41, 5.74) is 2.44. The summed E-state index contributed by atoms with van der Waals surface area (Å²) in [5.74, 6) is 0.921. The normalized spacial score (nSPS) is 20.8. The van der Waals surface area contributed by atoms with E-state index in [0.717, 1.165) is 44.1 Å². The lowest BCUT2D eigenvalue weighted by molar-refractivity contribution is -0.128. The Morgan fingerprint density at radius 3 is 2.64 bits per heavy atom. The van der Waals surface area contributed by atoms with Gasteiger partial charge in [-0.3, -0.25) is 14.5 Å². The van der Waals surface area contributed by atoms with E-state index in [2.05, 4.69) is 36.1 Å². The van der Waals surface area contributed by atoms with Gasteiger partial charge in [0.15, 0.2) is 0 Å². The first-order chi connectivity index (χ1) is 13.6. The van der Waals surface area contributed by atoms with Crippen LogP contribution in [-0.2, 0) is 4.79 Å². The molecule has 4 rings (SSSR count). The van der Waals surface area contributed by atoms with Crippen LogP contribution in [0.1, 0.15) is 26.2 Å². The van der Waals surface area contributed by atoms with Gasteiger partial charge >= 0.3 is 0 Å². The first-order valence-electron chi connectivity index (χ1n) is 9.64. The summed E-state index contributed by atoms with van der Waals surface area (Å²) in [4.78, 5) is 32.0. The smallest absolute Gasteiger partial charge is 0.264 e. The summed E-state index contributed by atoms with van der Waals surface area (Å²) in [6.45, 7) is 6.91. The van der Waals surface area contributed by atoms with Gasteiger partial charge in [0.1, 0.15) is 5.37 Å². The fraction of sp³-hybridized carbons (Fsp3) is 0.429. The molecule has 1 aromatic carbocycles. The molecule has 1 unspecified atom stereocenters. The predicted octanol–water partition coefficient (Wildman–Crippen LogP) is 3.09. The van der Waals surface area contributed by atoms with Gasteiger partial charge in [-0.2, -0.15) is 0 Å². The van der Waals surface area contributed by atoms with Crippen molar-refractivity contribution in [3.63, 3.8) is 0 Å². The van der Waals surface area contributed by atoms with Crippen LogP contribution in [0.15, 0.2) is 41.8 Å². The van der Waals surface area contributed by atoms with Gasteiger partial charge in [0.05, 0.1) is 10.6 Å². The lowest BCUT2D eigenvalue weighted by atomic mass is 10.1. The van der Waals surface area contributed by atoms with Crippen LogP contribution in [0.2, 0.25) is 0 Å². The minimum absolute atomic E-state index is 0.120. The van der Waals surface area contributed by atoms with E-state index in [1.165, 1.54) is 22.5 Å². The number of thioether (sulfide) groups is 1. The number of aryl methyl sites for hydroxylation is 1. The molecule has 2 saturated heterocycles. The molecule has 1 aromatic heterocycles. The number of piperazine rings is 1. The summed E-state index contributed by atoms with van der Waals surface area (Å²) in [6.07, 6.45) is 0. The van der Waals surface area contributed by atoms with E-state index in [1.54, 1.807) is 11.8 Å². The highest BCUT2D eigenvalue weighted by molar-refractivity contribution is 8.00. The molecule has 0 saturated carbocycles. The molecule has 2 amide bonds. The number of hydrogen-bond acceptors (Lipinski definition) is 5. The first kappa shape index (κ1) is 19.5. The molecule has 3 heterocycles. The summed E-state index contributed by atoms with van der Waals surface area (Å²) < 4.78 is 0. The Morgan fingerprint density at radius 1 is 1.11 bits per heavy atom.